The summed E-state index contributed by atoms with van der Waals surface area (Å²) >= 11 is 0. The molecule has 0 fully saturated rings. The van der Waals surface area contributed by atoms with E-state index in [1.54, 1.807) is 4.98 Å². The number of unbranched alkanes of at least 4 members (excludes halogenated alkanes) is 1. The second kappa shape index (κ2) is 7.75. The van der Waals surface area contributed by atoms with Gasteiger partial charge in [-0.15, -0.1) is 0 Å². The number of carboxylic acid groups (broad SMARTS) is 2. The van der Waals surface area contributed by atoms with Crippen LogP contribution >= 0.6 is 0 Å². The van der Waals surface area contributed by atoms with E-state index in [0.717, 1.165) is 4.57 Å². The van der Waals surface area contributed by atoms with Gasteiger partial charge in [0.2, 0.25) is 0 Å². The van der Waals surface area contributed by atoms with Gasteiger partial charge in [0.05, 0.1) is 0 Å². The summed E-state index contributed by atoms with van der Waals surface area (Å²) in [4.78, 5) is 46.5. The van der Waals surface area contributed by atoms with E-state index in [1.807, 2.05) is 6.92 Å². The maximum atomic E-state index is 11.5. The molecule has 19 heavy (non-hydrogen) atoms. The molecule has 1 aromatic rings. The number of H-pyrrole nitrogens is 1. The van der Waals surface area contributed by atoms with E-state index >= 15 is 0 Å². The molecule has 0 aromatic carbocycles. The van der Waals surface area contributed by atoms with Crippen molar-refractivity contribution in [2.75, 3.05) is 0 Å². The third-order valence-corrected chi connectivity index (χ3v) is 2.35. The van der Waals surface area contributed by atoms with Crippen LogP contribution in [0, 0.1) is 0 Å². The minimum Gasteiger partial charge on any atom is -1.00 e. The Labute approximate surface area is 151 Å². The average Bonchev–Trinajstić information content (AvgIpc) is 2.26. The molecule has 0 aliphatic heterocycles. The van der Waals surface area contributed by atoms with Crippen LogP contribution in [0.2, 0.25) is 0 Å². The molecule has 0 amide bonds. The molecule has 0 aliphatic carbocycles. The molecular weight excluding hydrogens is 283 g/mol. The average molecular weight is 296 g/mol. The monoisotopic (exact) mass is 296 g/mol. The molecule has 1 aromatic heterocycles. The Kier molecular flexibility index (Phi) is 7.45. The van der Waals surface area contributed by atoms with Crippen LogP contribution in [-0.2, 0) is 6.54 Å². The van der Waals surface area contributed by atoms with Crippen molar-refractivity contribution < 1.29 is 72.6 Å². The van der Waals surface area contributed by atoms with Crippen molar-refractivity contribution in [1.29, 1.82) is 0 Å². The van der Waals surface area contributed by atoms with Gasteiger partial charge in [0, 0.05) is 6.54 Å². The van der Waals surface area contributed by atoms with Crippen LogP contribution in [0.1, 0.15) is 42.0 Å². The van der Waals surface area contributed by atoms with E-state index in [1.165, 1.54) is 0 Å². The third-order valence-electron chi connectivity index (χ3n) is 2.35. The number of aromatic nitrogens is 2. The number of hydrogen-bond acceptors (Lipinski definition) is 4. The Bertz CT molecular complexity index is 609. The molecule has 100 valence electrons. The van der Waals surface area contributed by atoms with Crippen LogP contribution < -0.4 is 62.6 Å². The van der Waals surface area contributed by atoms with Gasteiger partial charge in [-0.1, -0.05) is 13.3 Å². The first-order valence-electron chi connectivity index (χ1n) is 5.23. The smallest absolute Gasteiger partial charge is 1.00 e. The normalized spacial score (nSPS) is 9.74. The van der Waals surface area contributed by atoms with Crippen molar-refractivity contribution >= 4 is 11.9 Å². The van der Waals surface area contributed by atoms with Gasteiger partial charge in [-0.2, -0.15) is 0 Å². The van der Waals surface area contributed by atoms with Crippen molar-refractivity contribution in [3.05, 3.63) is 32.1 Å². The first kappa shape index (κ1) is 18.3. The van der Waals surface area contributed by atoms with E-state index in [2.05, 4.69) is 0 Å². The summed E-state index contributed by atoms with van der Waals surface area (Å²) in [7, 11) is 0. The van der Waals surface area contributed by atoms with E-state index in [9.17, 15) is 19.2 Å². The van der Waals surface area contributed by atoms with Crippen molar-refractivity contribution in [2.45, 2.75) is 26.3 Å². The van der Waals surface area contributed by atoms with E-state index in [-0.39, 0.29) is 59.4 Å². The maximum absolute atomic E-state index is 11.5. The molecule has 0 spiro atoms. The molecule has 0 saturated heterocycles. The minimum absolute atomic E-state index is 0. The zero-order chi connectivity index (χ0) is 13.9. The molecule has 1 rings (SSSR count). The molecular formula is C10H13KN2O6. The number of aromatic carboxylic acids is 2. The Morgan fingerprint density at radius 2 is 1.84 bits per heavy atom. The molecule has 0 radical (unpaired) electrons. The number of aromatic amines is 1. The predicted octanol–water partition coefficient (Wildman–Crippen LogP) is -3.15. The van der Waals surface area contributed by atoms with Crippen molar-refractivity contribution in [3.63, 3.8) is 0 Å². The summed E-state index contributed by atoms with van der Waals surface area (Å²) in [5.41, 5.74) is -3.85. The van der Waals surface area contributed by atoms with Crippen LogP contribution in [0.5, 0.6) is 0 Å². The van der Waals surface area contributed by atoms with Crippen LogP contribution in [-0.4, -0.2) is 31.7 Å². The van der Waals surface area contributed by atoms with Crippen molar-refractivity contribution in [3.8, 4) is 0 Å². The maximum Gasteiger partial charge on any atom is 1.00 e. The Morgan fingerprint density at radius 3 is 2.26 bits per heavy atom. The number of rotatable bonds is 5. The summed E-state index contributed by atoms with van der Waals surface area (Å²) in [5.74, 6) is -3.30. The minimum atomic E-state index is -1.68. The van der Waals surface area contributed by atoms with Gasteiger partial charge in [0.25, 0.3) is 5.56 Å². The fourth-order valence-corrected chi connectivity index (χ4v) is 1.52. The van der Waals surface area contributed by atoms with E-state index in [0.29, 0.717) is 12.8 Å². The van der Waals surface area contributed by atoms with Crippen molar-refractivity contribution in [2.24, 2.45) is 0 Å². The molecule has 0 saturated carbocycles. The van der Waals surface area contributed by atoms with Crippen LogP contribution in [0.3, 0.4) is 0 Å². The number of hydrogen-bond donors (Lipinski definition) is 3. The molecule has 9 heteroatoms. The van der Waals surface area contributed by atoms with Gasteiger partial charge >= 0.3 is 69.0 Å². The van der Waals surface area contributed by atoms with Gasteiger partial charge in [-0.3, -0.25) is 14.3 Å². The number of nitrogens with zero attached hydrogens (tertiary/aromatic N) is 1. The second-order valence-corrected chi connectivity index (χ2v) is 3.60. The second-order valence-electron chi connectivity index (χ2n) is 3.60. The fraction of sp³-hybridized carbons (Fsp3) is 0.400. The zero-order valence-electron chi connectivity index (χ0n) is 11.6. The first-order valence-corrected chi connectivity index (χ1v) is 5.23. The molecule has 0 aliphatic rings. The Morgan fingerprint density at radius 1 is 1.26 bits per heavy atom. The number of nitrogens with one attached hydrogen (secondary N) is 1. The Balaban J connectivity index is 0. The van der Waals surface area contributed by atoms with Gasteiger partial charge in [-0.25, -0.2) is 14.4 Å². The number of carboxylic acids is 2. The van der Waals surface area contributed by atoms with Crippen LogP contribution in [0.15, 0.2) is 9.59 Å². The third kappa shape index (κ3) is 4.11. The van der Waals surface area contributed by atoms with Gasteiger partial charge in [0.15, 0.2) is 11.3 Å². The quantitative estimate of drug-likeness (QED) is 0.492. The topological polar surface area (TPSA) is 129 Å². The SMILES string of the molecule is CCCCn1c(C(=O)O)c(C(=O)O)c(=O)[nH]c1=O.[H-].[K+]. The van der Waals surface area contributed by atoms with Crippen LogP contribution in [0.25, 0.3) is 0 Å². The van der Waals surface area contributed by atoms with Gasteiger partial charge in [0.1, 0.15) is 0 Å². The summed E-state index contributed by atoms with van der Waals surface area (Å²) in [5, 5.41) is 17.8. The Hall–Kier alpha value is -0.744. The number of carbonyl (C=O) groups is 2. The standard InChI is InChI=1S/C10H12N2O6.K.H/c1-2-3-4-12-6(9(16)17)5(8(14)15)7(13)11-10(12)18;;/h2-4H2,1H3,(H,14,15)(H,16,17)(H,11,13,18);;/q;+1;-1. The molecule has 0 bridgehead atoms. The first-order chi connectivity index (χ1) is 8.40. The molecule has 0 atom stereocenters. The zero-order valence-corrected chi connectivity index (χ0v) is 13.7. The molecule has 0 unspecified atom stereocenters. The van der Waals surface area contributed by atoms with Crippen molar-refractivity contribution in [1.82, 2.24) is 9.55 Å². The van der Waals surface area contributed by atoms with Gasteiger partial charge in [-0.05, 0) is 6.42 Å². The fourth-order valence-electron chi connectivity index (χ4n) is 1.52. The van der Waals surface area contributed by atoms with E-state index in [4.69, 9.17) is 10.2 Å². The van der Waals surface area contributed by atoms with Gasteiger partial charge < -0.3 is 11.6 Å². The summed E-state index contributed by atoms with van der Waals surface area (Å²) in [6, 6.07) is 0. The molecule has 3 N–H and O–H groups in total. The largest absolute Gasteiger partial charge is 1.00 e. The summed E-state index contributed by atoms with van der Waals surface area (Å²) in [6.45, 7) is 1.86. The predicted molar refractivity (Wildman–Crippen MR) is 61.3 cm³/mol. The van der Waals surface area contributed by atoms with Crippen LogP contribution in [0.4, 0.5) is 0 Å². The summed E-state index contributed by atoms with van der Waals surface area (Å²) in [6.07, 6.45) is 1.18. The molecule has 8 nitrogen and oxygen atoms in total. The molecule has 1 heterocycles. The van der Waals surface area contributed by atoms with E-state index < -0.39 is 34.4 Å². The summed E-state index contributed by atoms with van der Waals surface area (Å²) < 4.78 is 0.761.